The zero-order chi connectivity index (χ0) is 24.5. The van der Waals surface area contributed by atoms with Gasteiger partial charge in [-0.2, -0.15) is 0 Å². The molecular weight excluding hydrogens is 627 g/mol. The first-order valence-electron chi connectivity index (χ1n) is 10.1. The molecule has 4 aromatic rings. The number of halogens is 5. The number of rotatable bonds is 6. The predicted molar refractivity (Wildman–Crippen MR) is 152 cm³/mol. The average Bonchev–Trinajstić information content (AvgIpc) is 2.84. The van der Waals surface area contributed by atoms with Crippen LogP contribution in [0, 0.1) is 3.57 Å². The lowest BCUT2D eigenvalue weighted by molar-refractivity contribution is 0.306. The molecule has 0 spiro atoms. The van der Waals surface area contributed by atoms with Crippen LogP contribution in [0.1, 0.15) is 11.1 Å². The first-order valence-corrected chi connectivity index (χ1v) is 12.6. The van der Waals surface area contributed by atoms with Crippen molar-refractivity contribution in [3.05, 3.63) is 120 Å². The molecule has 0 aliphatic carbocycles. The largest absolute Gasteiger partial charge is 0.487 e. The molecule has 8 heteroatoms. The molecule has 0 atom stereocenters. The Labute approximate surface area is 232 Å². The summed E-state index contributed by atoms with van der Waals surface area (Å²) in [6.45, 7) is 0.944. The molecule has 0 saturated carbocycles. The van der Waals surface area contributed by atoms with E-state index in [4.69, 9.17) is 61.6 Å². The molecular formula is C26H20Cl4INO2. The van der Waals surface area contributed by atoms with Crippen LogP contribution in [0.2, 0.25) is 20.1 Å². The molecule has 0 bridgehead atoms. The first kappa shape index (κ1) is 26.8. The summed E-state index contributed by atoms with van der Waals surface area (Å²) >= 11 is 26.0. The van der Waals surface area contributed by atoms with E-state index in [-0.39, 0.29) is 0 Å². The van der Waals surface area contributed by atoms with E-state index in [1.54, 1.807) is 18.2 Å². The molecule has 2 N–H and O–H groups in total. The number of nitrogens with two attached hydrogens (primary N) is 1. The quantitative estimate of drug-likeness (QED) is 0.129. The first-order chi connectivity index (χ1) is 16.3. The van der Waals surface area contributed by atoms with Crippen molar-refractivity contribution < 1.29 is 9.47 Å². The zero-order valence-corrected chi connectivity index (χ0v) is 23.0. The fourth-order valence-corrected chi connectivity index (χ4v) is 4.06. The van der Waals surface area contributed by atoms with Crippen LogP contribution in [0.5, 0.6) is 11.5 Å². The lowest BCUT2D eigenvalue weighted by Gasteiger charge is -2.09. The van der Waals surface area contributed by atoms with Crippen molar-refractivity contribution in [3.8, 4) is 11.5 Å². The van der Waals surface area contributed by atoms with Crippen molar-refractivity contribution in [2.45, 2.75) is 13.2 Å². The van der Waals surface area contributed by atoms with Crippen LogP contribution in [0.4, 0.5) is 5.69 Å². The number of ether oxygens (including phenoxy) is 2. The van der Waals surface area contributed by atoms with E-state index in [0.29, 0.717) is 50.5 Å². The van der Waals surface area contributed by atoms with Crippen molar-refractivity contribution >= 4 is 74.7 Å². The monoisotopic (exact) mass is 645 g/mol. The highest BCUT2D eigenvalue weighted by atomic mass is 127. The predicted octanol–water partition coefficient (Wildman–Crippen LogP) is 9.33. The molecule has 0 saturated heterocycles. The molecule has 176 valence electrons. The highest BCUT2D eigenvalue weighted by molar-refractivity contribution is 14.1. The topological polar surface area (TPSA) is 44.5 Å². The molecule has 0 fully saturated rings. The minimum absolute atomic E-state index is 0.432. The standard InChI is InChI=1S/C13H9Cl2IO.C13H11Cl2NO/c2*14-10-6-11(15)13(7-12(10)16)17-8-9-4-2-1-3-5-9/h1-7H,8H2;1-7H,8,16H2. The van der Waals surface area contributed by atoms with Gasteiger partial charge in [0.25, 0.3) is 0 Å². The van der Waals surface area contributed by atoms with Crippen LogP contribution in [0.15, 0.2) is 84.9 Å². The summed E-state index contributed by atoms with van der Waals surface area (Å²) in [6, 6.07) is 26.5. The van der Waals surface area contributed by atoms with Gasteiger partial charge in [0.15, 0.2) is 0 Å². The second kappa shape index (κ2) is 13.3. The molecule has 4 aromatic carbocycles. The van der Waals surface area contributed by atoms with Gasteiger partial charge < -0.3 is 15.2 Å². The lowest BCUT2D eigenvalue weighted by atomic mass is 10.2. The van der Waals surface area contributed by atoms with Crippen LogP contribution < -0.4 is 15.2 Å². The lowest BCUT2D eigenvalue weighted by Crippen LogP contribution is -1.97. The van der Waals surface area contributed by atoms with E-state index in [1.165, 1.54) is 0 Å². The smallest absolute Gasteiger partial charge is 0.140 e. The van der Waals surface area contributed by atoms with Crippen molar-refractivity contribution in [2.75, 3.05) is 5.73 Å². The van der Waals surface area contributed by atoms with E-state index in [1.807, 2.05) is 66.7 Å². The molecule has 4 rings (SSSR count). The Hall–Kier alpha value is -1.83. The van der Waals surface area contributed by atoms with E-state index >= 15 is 0 Å². The van der Waals surface area contributed by atoms with E-state index in [0.717, 1.165) is 14.7 Å². The molecule has 0 amide bonds. The molecule has 0 heterocycles. The average molecular weight is 647 g/mol. The Balaban J connectivity index is 0.000000191. The summed E-state index contributed by atoms with van der Waals surface area (Å²) in [5.41, 5.74) is 8.32. The maximum atomic E-state index is 6.05. The van der Waals surface area contributed by atoms with E-state index in [2.05, 4.69) is 22.6 Å². The summed E-state index contributed by atoms with van der Waals surface area (Å²) in [5, 5.41) is 2.07. The van der Waals surface area contributed by atoms with Crippen LogP contribution in [0.25, 0.3) is 0 Å². The number of anilines is 1. The summed E-state index contributed by atoms with van der Waals surface area (Å²) in [6.07, 6.45) is 0. The van der Waals surface area contributed by atoms with Gasteiger partial charge in [-0.05, 0) is 51.9 Å². The van der Waals surface area contributed by atoms with Crippen LogP contribution in [-0.2, 0) is 13.2 Å². The number of benzene rings is 4. The normalized spacial score (nSPS) is 10.3. The SMILES string of the molecule is Clc1cc(Cl)c(OCc2ccccc2)cc1I.Nc1cc(OCc2ccccc2)c(Cl)cc1Cl. The van der Waals surface area contributed by atoms with Crippen molar-refractivity contribution in [1.82, 2.24) is 0 Å². The Morgan fingerprint density at radius 2 is 1.03 bits per heavy atom. The molecule has 34 heavy (non-hydrogen) atoms. The molecule has 0 unspecified atom stereocenters. The van der Waals surface area contributed by atoms with Gasteiger partial charge in [0, 0.05) is 9.64 Å². The van der Waals surface area contributed by atoms with Gasteiger partial charge in [-0.15, -0.1) is 0 Å². The zero-order valence-electron chi connectivity index (χ0n) is 17.8. The summed E-state index contributed by atoms with van der Waals surface area (Å²) in [4.78, 5) is 0. The molecule has 0 aromatic heterocycles. The van der Waals surface area contributed by atoms with Crippen LogP contribution >= 0.6 is 69.0 Å². The third-order valence-electron chi connectivity index (χ3n) is 4.50. The highest BCUT2D eigenvalue weighted by Crippen LogP contribution is 2.33. The van der Waals surface area contributed by atoms with E-state index < -0.39 is 0 Å². The van der Waals surface area contributed by atoms with Gasteiger partial charge in [-0.1, -0.05) is 107 Å². The Bertz CT molecular complexity index is 1130. The van der Waals surface area contributed by atoms with Gasteiger partial charge in [0.05, 0.1) is 25.8 Å². The molecule has 3 nitrogen and oxygen atoms in total. The van der Waals surface area contributed by atoms with Gasteiger partial charge in [0.1, 0.15) is 24.7 Å². The molecule has 0 aliphatic rings. The third-order valence-corrected chi connectivity index (χ3v) is 6.94. The summed E-state index contributed by atoms with van der Waals surface area (Å²) in [5.74, 6) is 1.20. The van der Waals surface area contributed by atoms with E-state index in [9.17, 15) is 0 Å². The molecule has 0 aliphatic heterocycles. The number of nitrogen functional groups attached to an aromatic ring is 1. The second-order valence-electron chi connectivity index (χ2n) is 7.05. The fraction of sp³-hybridized carbons (Fsp3) is 0.0769. The Kier molecular flexibility index (Phi) is 10.5. The van der Waals surface area contributed by atoms with Crippen LogP contribution in [0.3, 0.4) is 0 Å². The van der Waals surface area contributed by atoms with Crippen molar-refractivity contribution in [2.24, 2.45) is 0 Å². The maximum absolute atomic E-state index is 6.05. The maximum Gasteiger partial charge on any atom is 0.140 e. The van der Waals surface area contributed by atoms with Gasteiger partial charge in [-0.25, -0.2) is 0 Å². The van der Waals surface area contributed by atoms with Gasteiger partial charge >= 0.3 is 0 Å². The van der Waals surface area contributed by atoms with Crippen LogP contribution in [-0.4, -0.2) is 0 Å². The summed E-state index contributed by atoms with van der Waals surface area (Å²) in [7, 11) is 0. The highest BCUT2D eigenvalue weighted by Gasteiger charge is 2.07. The minimum Gasteiger partial charge on any atom is -0.487 e. The fourth-order valence-electron chi connectivity index (χ4n) is 2.74. The second-order valence-corrected chi connectivity index (χ2v) is 9.84. The molecule has 0 radical (unpaired) electrons. The number of hydrogen-bond donors (Lipinski definition) is 1. The Morgan fingerprint density at radius 3 is 1.53 bits per heavy atom. The summed E-state index contributed by atoms with van der Waals surface area (Å²) < 4.78 is 12.2. The van der Waals surface area contributed by atoms with Crippen molar-refractivity contribution in [1.29, 1.82) is 0 Å². The minimum atomic E-state index is 0.432. The van der Waals surface area contributed by atoms with Crippen molar-refractivity contribution in [3.63, 3.8) is 0 Å². The van der Waals surface area contributed by atoms with Gasteiger partial charge in [-0.3, -0.25) is 0 Å². The number of hydrogen-bond acceptors (Lipinski definition) is 3. The third kappa shape index (κ3) is 8.14. The Morgan fingerprint density at radius 1 is 0.588 bits per heavy atom. The van der Waals surface area contributed by atoms with Gasteiger partial charge in [0.2, 0.25) is 0 Å².